The van der Waals surface area contributed by atoms with Gasteiger partial charge in [0.1, 0.15) is 11.6 Å². The van der Waals surface area contributed by atoms with Gasteiger partial charge in [-0.05, 0) is 42.3 Å². The van der Waals surface area contributed by atoms with Gasteiger partial charge in [0.15, 0.2) is 0 Å². The highest BCUT2D eigenvalue weighted by molar-refractivity contribution is 8.00. The van der Waals surface area contributed by atoms with E-state index in [9.17, 15) is 4.39 Å². The molecular weight excluding hydrogens is 425 g/mol. The van der Waals surface area contributed by atoms with Crippen LogP contribution in [0.4, 0.5) is 15.9 Å². The second-order valence-corrected chi connectivity index (χ2v) is 7.58. The molecule has 0 fully saturated rings. The van der Waals surface area contributed by atoms with Gasteiger partial charge in [0, 0.05) is 53.9 Å². The Morgan fingerprint density at radius 2 is 1.90 bits per heavy atom. The van der Waals surface area contributed by atoms with E-state index in [1.807, 2.05) is 12.1 Å². The molecule has 3 aromatic heterocycles. The van der Waals surface area contributed by atoms with Crippen LogP contribution in [0.2, 0.25) is 5.02 Å². The number of pyridine rings is 3. The van der Waals surface area contributed by atoms with Crippen LogP contribution in [0.15, 0.2) is 59.9 Å². The largest absolute Gasteiger partial charge is 0.480 e. The quantitative estimate of drug-likeness (QED) is 0.374. The molecule has 0 aliphatic carbocycles. The number of halogens is 2. The number of benzene rings is 1. The van der Waals surface area contributed by atoms with Gasteiger partial charge in [0.25, 0.3) is 0 Å². The van der Waals surface area contributed by atoms with Gasteiger partial charge >= 0.3 is 0 Å². The van der Waals surface area contributed by atoms with Gasteiger partial charge in [0.2, 0.25) is 5.88 Å². The number of nitrogens with zero attached hydrogens (tertiary/aromatic N) is 3. The first-order valence-electron chi connectivity index (χ1n) is 8.93. The highest BCUT2D eigenvalue weighted by atomic mass is 35.5. The Morgan fingerprint density at radius 3 is 2.70 bits per heavy atom. The fourth-order valence-corrected chi connectivity index (χ4v) is 3.85. The molecule has 4 aromatic rings. The lowest BCUT2D eigenvalue weighted by molar-refractivity contribution is 0.387. The van der Waals surface area contributed by atoms with Crippen LogP contribution in [-0.4, -0.2) is 29.1 Å². The molecule has 9 heteroatoms. The molecular formula is C21H17ClFN5OS. The maximum absolute atomic E-state index is 14.6. The molecule has 3 heterocycles. The maximum Gasteiger partial charge on any atom is 0.228 e. The lowest BCUT2D eigenvalue weighted by Crippen LogP contribution is -1.95. The normalized spacial score (nSPS) is 10.8. The minimum absolute atomic E-state index is 0.339. The fourth-order valence-electron chi connectivity index (χ4n) is 2.86. The molecule has 2 N–H and O–H groups in total. The third-order valence-electron chi connectivity index (χ3n) is 4.36. The second kappa shape index (κ2) is 8.73. The van der Waals surface area contributed by atoms with Crippen LogP contribution in [0.3, 0.4) is 0 Å². The standard InChI is InChI=1S/C21H17ClFN5OS/c1-24-20-8-18-13(10-26-20)5-12(9-25-18)16-7-15(3-4-17(16)23)28-30-19-6-14(22)11-27-21(19)29-2/h3-11,28H,1-2H3,(H,24,26). The van der Waals surface area contributed by atoms with Crippen LogP contribution >= 0.6 is 23.5 Å². The predicted molar refractivity (Wildman–Crippen MR) is 120 cm³/mol. The third-order valence-corrected chi connectivity index (χ3v) is 5.41. The Bertz CT molecular complexity index is 1220. The lowest BCUT2D eigenvalue weighted by atomic mass is 10.0. The van der Waals surface area contributed by atoms with E-state index in [4.69, 9.17) is 16.3 Å². The number of ether oxygens (including phenoxy) is 1. The van der Waals surface area contributed by atoms with E-state index in [1.165, 1.54) is 31.3 Å². The highest BCUT2D eigenvalue weighted by Crippen LogP contribution is 2.33. The Kier molecular flexibility index (Phi) is 5.87. The molecule has 0 radical (unpaired) electrons. The zero-order chi connectivity index (χ0) is 21.1. The summed E-state index contributed by atoms with van der Waals surface area (Å²) < 4.78 is 23.0. The Labute approximate surface area is 182 Å². The van der Waals surface area contributed by atoms with Gasteiger partial charge in [-0.2, -0.15) is 0 Å². The van der Waals surface area contributed by atoms with E-state index in [1.54, 1.807) is 37.6 Å². The van der Waals surface area contributed by atoms with Crippen molar-refractivity contribution in [3.8, 4) is 17.0 Å². The SMILES string of the molecule is CNc1cc2ncc(-c3cc(NSc4cc(Cl)cnc4OC)ccc3F)cc2cn1. The average molecular weight is 442 g/mol. The van der Waals surface area contributed by atoms with Crippen molar-refractivity contribution in [3.63, 3.8) is 0 Å². The van der Waals surface area contributed by atoms with Crippen molar-refractivity contribution in [3.05, 3.63) is 65.8 Å². The zero-order valence-electron chi connectivity index (χ0n) is 16.1. The molecule has 0 amide bonds. The van der Waals surface area contributed by atoms with E-state index in [-0.39, 0.29) is 5.82 Å². The van der Waals surface area contributed by atoms with Gasteiger partial charge in [0.05, 0.1) is 22.5 Å². The number of methoxy groups -OCH3 is 1. The molecule has 0 saturated heterocycles. The molecule has 0 aliphatic heterocycles. The molecule has 1 aromatic carbocycles. The molecule has 0 aliphatic rings. The molecule has 152 valence electrons. The van der Waals surface area contributed by atoms with Crippen LogP contribution in [-0.2, 0) is 0 Å². The number of rotatable bonds is 6. The molecule has 6 nitrogen and oxygen atoms in total. The average Bonchev–Trinajstić information content (AvgIpc) is 2.78. The topological polar surface area (TPSA) is 72.0 Å². The first-order chi connectivity index (χ1) is 14.6. The van der Waals surface area contributed by atoms with Crippen LogP contribution in [0.1, 0.15) is 0 Å². The smallest absolute Gasteiger partial charge is 0.228 e. The van der Waals surface area contributed by atoms with E-state index < -0.39 is 0 Å². The minimum atomic E-state index is -0.339. The Hall–Kier alpha value is -3.10. The lowest BCUT2D eigenvalue weighted by Gasteiger charge is -2.11. The summed E-state index contributed by atoms with van der Waals surface area (Å²) in [6.45, 7) is 0. The minimum Gasteiger partial charge on any atom is -0.480 e. The van der Waals surface area contributed by atoms with Crippen molar-refractivity contribution in [2.24, 2.45) is 0 Å². The number of hydrogen-bond acceptors (Lipinski definition) is 7. The van der Waals surface area contributed by atoms with Crippen molar-refractivity contribution in [2.45, 2.75) is 4.90 Å². The summed E-state index contributed by atoms with van der Waals surface area (Å²) in [4.78, 5) is 13.6. The summed E-state index contributed by atoms with van der Waals surface area (Å²) in [6, 6.07) is 10.3. The second-order valence-electron chi connectivity index (χ2n) is 6.30. The molecule has 0 spiro atoms. The predicted octanol–water partition coefficient (Wildman–Crippen LogP) is 5.65. The summed E-state index contributed by atoms with van der Waals surface area (Å²) in [7, 11) is 3.33. The van der Waals surface area contributed by atoms with Crippen molar-refractivity contribution in [1.82, 2.24) is 15.0 Å². The highest BCUT2D eigenvalue weighted by Gasteiger charge is 2.11. The Balaban J connectivity index is 1.62. The molecule has 4 rings (SSSR count). The number of anilines is 2. The zero-order valence-corrected chi connectivity index (χ0v) is 17.7. The first-order valence-corrected chi connectivity index (χ1v) is 10.1. The molecule has 30 heavy (non-hydrogen) atoms. The van der Waals surface area contributed by atoms with Gasteiger partial charge < -0.3 is 14.8 Å². The number of hydrogen-bond donors (Lipinski definition) is 2. The fraction of sp³-hybridized carbons (Fsp3) is 0.0952. The van der Waals surface area contributed by atoms with E-state index in [2.05, 4.69) is 25.0 Å². The number of aromatic nitrogens is 3. The summed E-state index contributed by atoms with van der Waals surface area (Å²) in [5.74, 6) is 0.836. The monoisotopic (exact) mass is 441 g/mol. The Morgan fingerprint density at radius 1 is 1.03 bits per heavy atom. The summed E-state index contributed by atoms with van der Waals surface area (Å²) in [6.07, 6.45) is 4.88. The van der Waals surface area contributed by atoms with Crippen molar-refractivity contribution in [2.75, 3.05) is 24.2 Å². The maximum atomic E-state index is 14.6. The summed E-state index contributed by atoms with van der Waals surface area (Å²) in [5, 5.41) is 4.30. The van der Waals surface area contributed by atoms with Gasteiger partial charge in [-0.1, -0.05) is 11.6 Å². The van der Waals surface area contributed by atoms with Gasteiger partial charge in [-0.15, -0.1) is 0 Å². The first kappa shape index (κ1) is 20.2. The molecule has 0 atom stereocenters. The van der Waals surface area contributed by atoms with Crippen LogP contribution in [0.25, 0.3) is 22.0 Å². The number of fused-ring (bicyclic) bond motifs is 1. The van der Waals surface area contributed by atoms with Crippen LogP contribution in [0.5, 0.6) is 5.88 Å². The van der Waals surface area contributed by atoms with Gasteiger partial charge in [-0.25, -0.2) is 14.4 Å². The van der Waals surface area contributed by atoms with E-state index >= 15 is 0 Å². The van der Waals surface area contributed by atoms with Crippen molar-refractivity contribution < 1.29 is 9.13 Å². The van der Waals surface area contributed by atoms with E-state index in [0.29, 0.717) is 27.7 Å². The number of nitrogens with one attached hydrogen (secondary N) is 2. The van der Waals surface area contributed by atoms with E-state index in [0.717, 1.165) is 21.6 Å². The summed E-state index contributed by atoms with van der Waals surface area (Å²) in [5.41, 5.74) is 2.59. The summed E-state index contributed by atoms with van der Waals surface area (Å²) >= 11 is 7.30. The molecule has 0 bridgehead atoms. The van der Waals surface area contributed by atoms with Crippen LogP contribution in [0, 0.1) is 5.82 Å². The van der Waals surface area contributed by atoms with Gasteiger partial charge in [-0.3, -0.25) is 4.98 Å². The molecule has 0 saturated carbocycles. The molecule has 0 unspecified atom stereocenters. The van der Waals surface area contributed by atoms with Crippen molar-refractivity contribution in [1.29, 1.82) is 0 Å². The van der Waals surface area contributed by atoms with Crippen molar-refractivity contribution >= 4 is 46.0 Å². The van der Waals surface area contributed by atoms with Crippen LogP contribution < -0.4 is 14.8 Å². The third kappa shape index (κ3) is 4.24.